The van der Waals surface area contributed by atoms with Crippen LogP contribution in [0.2, 0.25) is 0 Å². The highest BCUT2D eigenvalue weighted by Gasteiger charge is 2.14. The number of piperazine rings is 1. The van der Waals surface area contributed by atoms with Crippen molar-refractivity contribution in [1.82, 2.24) is 14.8 Å². The van der Waals surface area contributed by atoms with Gasteiger partial charge in [0.2, 0.25) is 5.91 Å². The molecule has 0 saturated carbocycles. The van der Waals surface area contributed by atoms with Crippen LogP contribution in [-0.4, -0.2) is 53.9 Å². The van der Waals surface area contributed by atoms with Crippen molar-refractivity contribution < 1.29 is 4.79 Å². The van der Waals surface area contributed by atoms with Crippen LogP contribution < -0.4 is 5.32 Å². The number of nitrogens with one attached hydrogen (secondary N) is 1. The third kappa shape index (κ3) is 5.76. The van der Waals surface area contributed by atoms with E-state index in [-0.39, 0.29) is 12.3 Å². The number of carbonyl (C=O) groups is 1. The van der Waals surface area contributed by atoms with Gasteiger partial charge in [0.1, 0.15) is 5.01 Å². The second-order valence-corrected chi connectivity index (χ2v) is 8.70. The maximum absolute atomic E-state index is 12.3. The van der Waals surface area contributed by atoms with Gasteiger partial charge in [-0.05, 0) is 30.8 Å². The van der Waals surface area contributed by atoms with Crippen molar-refractivity contribution in [2.45, 2.75) is 13.0 Å². The molecule has 0 atom stereocenters. The molecule has 31 heavy (non-hydrogen) atoms. The van der Waals surface area contributed by atoms with E-state index in [2.05, 4.69) is 57.5 Å². The second-order valence-electron chi connectivity index (χ2n) is 7.84. The number of likely N-dealkylation sites (N-methyl/N-ethyl adjacent to an activating group) is 1. The normalized spacial score (nSPS) is 14.8. The quantitative estimate of drug-likeness (QED) is 0.646. The van der Waals surface area contributed by atoms with E-state index in [0.717, 1.165) is 49.0 Å². The first-order chi connectivity index (χ1) is 15.1. The van der Waals surface area contributed by atoms with Crippen molar-refractivity contribution in [2.75, 3.05) is 38.5 Å². The van der Waals surface area contributed by atoms with Crippen molar-refractivity contribution in [2.24, 2.45) is 0 Å². The molecule has 0 spiro atoms. The molecular formula is C24H25N5OS. The number of benzene rings is 2. The number of amides is 1. The summed E-state index contributed by atoms with van der Waals surface area (Å²) in [6.45, 7) is 5.44. The third-order valence-electron chi connectivity index (χ3n) is 5.37. The lowest BCUT2D eigenvalue weighted by Crippen LogP contribution is -2.43. The summed E-state index contributed by atoms with van der Waals surface area (Å²) >= 11 is 1.55. The van der Waals surface area contributed by atoms with Crippen molar-refractivity contribution in [1.29, 1.82) is 5.26 Å². The fraction of sp³-hybridized carbons (Fsp3) is 0.292. The summed E-state index contributed by atoms with van der Waals surface area (Å²) < 4.78 is 0. The largest absolute Gasteiger partial charge is 0.326 e. The summed E-state index contributed by atoms with van der Waals surface area (Å²) in [5, 5.41) is 14.7. The molecule has 0 bridgehead atoms. The van der Waals surface area contributed by atoms with E-state index < -0.39 is 0 Å². The zero-order chi connectivity index (χ0) is 21.6. The van der Waals surface area contributed by atoms with E-state index >= 15 is 0 Å². The second kappa shape index (κ2) is 9.84. The van der Waals surface area contributed by atoms with E-state index in [1.54, 1.807) is 35.6 Å². The molecule has 2 aromatic carbocycles. The molecule has 2 heterocycles. The number of hydrogen-bond acceptors (Lipinski definition) is 6. The number of hydrogen-bond donors (Lipinski definition) is 1. The van der Waals surface area contributed by atoms with Gasteiger partial charge in [0, 0.05) is 49.4 Å². The third-order valence-corrected chi connectivity index (χ3v) is 6.31. The molecule has 1 aromatic heterocycles. The van der Waals surface area contributed by atoms with Crippen LogP contribution in [0.15, 0.2) is 53.9 Å². The Balaban J connectivity index is 1.33. The van der Waals surface area contributed by atoms with Crippen LogP contribution >= 0.6 is 11.3 Å². The molecule has 1 fully saturated rings. The van der Waals surface area contributed by atoms with Crippen LogP contribution in [0.1, 0.15) is 16.8 Å². The van der Waals surface area contributed by atoms with Gasteiger partial charge >= 0.3 is 0 Å². The highest BCUT2D eigenvalue weighted by molar-refractivity contribution is 7.13. The Morgan fingerprint density at radius 1 is 1.16 bits per heavy atom. The van der Waals surface area contributed by atoms with Gasteiger partial charge < -0.3 is 10.2 Å². The molecule has 0 unspecified atom stereocenters. The first kappa shape index (κ1) is 21.2. The zero-order valence-electron chi connectivity index (χ0n) is 17.5. The maximum atomic E-state index is 12.3. The number of thiazole rings is 1. The predicted molar refractivity (Wildman–Crippen MR) is 124 cm³/mol. The monoisotopic (exact) mass is 431 g/mol. The summed E-state index contributed by atoms with van der Waals surface area (Å²) in [7, 11) is 2.17. The van der Waals surface area contributed by atoms with E-state index in [1.165, 1.54) is 5.56 Å². The molecule has 4 rings (SSSR count). The van der Waals surface area contributed by atoms with Gasteiger partial charge in [-0.2, -0.15) is 5.26 Å². The van der Waals surface area contributed by atoms with Gasteiger partial charge in [-0.3, -0.25) is 9.69 Å². The zero-order valence-corrected chi connectivity index (χ0v) is 18.4. The summed E-state index contributed by atoms with van der Waals surface area (Å²) in [5.41, 5.74) is 4.26. The smallest absolute Gasteiger partial charge is 0.230 e. The molecule has 1 aliphatic rings. The minimum atomic E-state index is -0.144. The van der Waals surface area contributed by atoms with Crippen molar-refractivity contribution in [3.63, 3.8) is 0 Å². The maximum Gasteiger partial charge on any atom is 0.230 e. The van der Waals surface area contributed by atoms with Gasteiger partial charge in [-0.15, -0.1) is 11.3 Å². The number of carbonyl (C=O) groups excluding carboxylic acids is 1. The minimum Gasteiger partial charge on any atom is -0.326 e. The van der Waals surface area contributed by atoms with E-state index in [9.17, 15) is 4.79 Å². The topological polar surface area (TPSA) is 72.3 Å². The summed E-state index contributed by atoms with van der Waals surface area (Å²) in [5.74, 6) is -0.144. The lowest BCUT2D eigenvalue weighted by Gasteiger charge is -2.32. The van der Waals surface area contributed by atoms with Crippen LogP contribution in [0, 0.1) is 11.3 Å². The van der Waals surface area contributed by atoms with Crippen LogP contribution in [0.4, 0.5) is 5.69 Å². The lowest BCUT2D eigenvalue weighted by molar-refractivity contribution is -0.115. The van der Waals surface area contributed by atoms with Gasteiger partial charge in [0.25, 0.3) is 0 Å². The predicted octanol–water partition coefficient (Wildman–Crippen LogP) is 3.61. The molecule has 1 amide bonds. The SMILES string of the molecule is CN1CCN(Cc2ccc(-c3nc(CC(=O)Nc4cccc(C#N)c4)cs3)cc2)CC1. The molecule has 7 heteroatoms. The van der Waals surface area contributed by atoms with Gasteiger partial charge in [-0.1, -0.05) is 30.3 Å². The molecular weight excluding hydrogens is 406 g/mol. The van der Waals surface area contributed by atoms with Gasteiger partial charge in [-0.25, -0.2) is 4.98 Å². The van der Waals surface area contributed by atoms with Crippen LogP contribution in [0.25, 0.3) is 10.6 Å². The average molecular weight is 432 g/mol. The molecule has 0 aliphatic carbocycles. The Kier molecular flexibility index (Phi) is 6.73. The number of anilines is 1. The lowest BCUT2D eigenvalue weighted by atomic mass is 10.1. The first-order valence-corrected chi connectivity index (χ1v) is 11.2. The van der Waals surface area contributed by atoms with Crippen LogP contribution in [-0.2, 0) is 17.8 Å². The fourth-order valence-corrected chi connectivity index (χ4v) is 4.40. The molecule has 1 saturated heterocycles. The number of nitrogens with zero attached hydrogens (tertiary/aromatic N) is 4. The fourth-order valence-electron chi connectivity index (χ4n) is 3.57. The first-order valence-electron chi connectivity index (χ1n) is 10.3. The molecule has 1 aliphatic heterocycles. The number of rotatable bonds is 6. The molecule has 1 N–H and O–H groups in total. The summed E-state index contributed by atoms with van der Waals surface area (Å²) in [6, 6.07) is 17.5. The van der Waals surface area contributed by atoms with Gasteiger partial charge in [0.05, 0.1) is 23.7 Å². The molecule has 6 nitrogen and oxygen atoms in total. The van der Waals surface area contributed by atoms with E-state index in [1.807, 2.05) is 5.38 Å². The highest BCUT2D eigenvalue weighted by Crippen LogP contribution is 2.25. The summed E-state index contributed by atoms with van der Waals surface area (Å²) in [6.07, 6.45) is 0.203. The highest BCUT2D eigenvalue weighted by atomic mass is 32.1. The van der Waals surface area contributed by atoms with Crippen molar-refractivity contribution in [3.05, 3.63) is 70.7 Å². The van der Waals surface area contributed by atoms with Crippen molar-refractivity contribution >= 4 is 22.9 Å². The Hall–Kier alpha value is -3.05. The van der Waals surface area contributed by atoms with Crippen LogP contribution in [0.5, 0.6) is 0 Å². The van der Waals surface area contributed by atoms with E-state index in [4.69, 9.17) is 5.26 Å². The minimum absolute atomic E-state index is 0.144. The van der Waals surface area contributed by atoms with Crippen molar-refractivity contribution in [3.8, 4) is 16.6 Å². The number of nitriles is 1. The standard InChI is InChI=1S/C24H25N5OS/c1-28-9-11-29(12-10-28)16-18-5-7-20(8-6-18)24-27-22(17-31-24)14-23(30)26-21-4-2-3-19(13-21)15-25/h2-8,13,17H,9-12,14,16H2,1H3,(H,26,30). The Morgan fingerprint density at radius 2 is 1.94 bits per heavy atom. The Bertz CT molecular complexity index is 1080. The molecule has 158 valence electrons. The van der Waals surface area contributed by atoms with E-state index in [0.29, 0.717) is 11.3 Å². The average Bonchev–Trinajstić information content (AvgIpc) is 3.24. The molecule has 0 radical (unpaired) electrons. The number of aromatic nitrogens is 1. The van der Waals surface area contributed by atoms with Crippen LogP contribution in [0.3, 0.4) is 0 Å². The van der Waals surface area contributed by atoms with Gasteiger partial charge in [0.15, 0.2) is 0 Å². The molecule has 3 aromatic rings. The Labute approximate surface area is 186 Å². The summed E-state index contributed by atoms with van der Waals surface area (Å²) in [4.78, 5) is 21.8. The Morgan fingerprint density at radius 3 is 2.68 bits per heavy atom.